The number of carbonyl (C=O) groups excluding carboxylic acids is 1. The third kappa shape index (κ3) is 3.48. The van der Waals surface area contributed by atoms with Crippen molar-refractivity contribution in [2.75, 3.05) is 10.6 Å². The van der Waals surface area contributed by atoms with Gasteiger partial charge in [0.05, 0.1) is 18.5 Å². The van der Waals surface area contributed by atoms with Crippen molar-refractivity contribution in [2.24, 2.45) is 0 Å². The van der Waals surface area contributed by atoms with E-state index >= 15 is 0 Å². The second-order valence-corrected chi connectivity index (χ2v) is 7.06. The molecule has 3 heterocycles. The number of hydrogen-bond donors (Lipinski definition) is 2. The first-order chi connectivity index (χ1) is 13.8. The molecule has 2 N–H and O–H groups in total. The molecular weight excluding hydrogens is 385 g/mol. The predicted octanol–water partition coefficient (Wildman–Crippen LogP) is 5.01. The maximum absolute atomic E-state index is 13.7. The number of aryl methyl sites for hydroxylation is 1. The highest BCUT2D eigenvalue weighted by Crippen LogP contribution is 2.44. The average Bonchev–Trinajstić information content (AvgIpc) is 3.33. The Balaban J connectivity index is 1.70. The lowest BCUT2D eigenvalue weighted by atomic mass is 10.0. The summed E-state index contributed by atoms with van der Waals surface area (Å²) >= 11 is 0. The van der Waals surface area contributed by atoms with E-state index < -0.39 is 24.2 Å². The lowest BCUT2D eigenvalue weighted by Crippen LogP contribution is -2.36. The van der Waals surface area contributed by atoms with Crippen LogP contribution in [0, 0.1) is 13.8 Å². The molecule has 6 nitrogen and oxygen atoms in total. The van der Waals surface area contributed by atoms with Crippen LogP contribution in [0.2, 0.25) is 0 Å². The summed E-state index contributed by atoms with van der Waals surface area (Å²) in [7, 11) is 0. The molecule has 0 spiro atoms. The molecule has 0 fully saturated rings. The van der Waals surface area contributed by atoms with Crippen molar-refractivity contribution in [3.8, 4) is 0 Å². The monoisotopic (exact) mass is 404 g/mol. The molecular formula is C20H19F3N4O2. The van der Waals surface area contributed by atoms with Crippen LogP contribution in [-0.4, -0.2) is 21.9 Å². The summed E-state index contributed by atoms with van der Waals surface area (Å²) in [5.74, 6) is -0.149. The molecule has 0 saturated carbocycles. The van der Waals surface area contributed by atoms with Gasteiger partial charge >= 0.3 is 6.18 Å². The number of anilines is 2. The lowest BCUT2D eigenvalue weighted by molar-refractivity contribution is -0.174. The number of furan rings is 1. The number of alkyl halides is 3. The average molecular weight is 404 g/mol. The highest BCUT2D eigenvalue weighted by Gasteiger charge is 2.47. The fourth-order valence-electron chi connectivity index (χ4n) is 3.48. The summed E-state index contributed by atoms with van der Waals surface area (Å²) in [5, 5.41) is 9.62. The summed E-state index contributed by atoms with van der Waals surface area (Å²) < 4.78 is 47.1. The van der Waals surface area contributed by atoms with E-state index in [1.165, 1.54) is 6.26 Å². The minimum absolute atomic E-state index is 0.0165. The van der Waals surface area contributed by atoms with E-state index in [9.17, 15) is 18.0 Å². The van der Waals surface area contributed by atoms with Crippen molar-refractivity contribution in [3.63, 3.8) is 0 Å². The normalized spacial score (nSPS) is 18.8. The molecule has 0 saturated heterocycles. The smallest absolute Gasteiger partial charge is 0.410 e. The largest absolute Gasteiger partial charge is 0.467 e. The highest BCUT2D eigenvalue weighted by molar-refractivity contribution is 6.08. The minimum atomic E-state index is -4.52. The highest BCUT2D eigenvalue weighted by atomic mass is 19.4. The zero-order valence-corrected chi connectivity index (χ0v) is 15.7. The zero-order chi connectivity index (χ0) is 20.8. The van der Waals surface area contributed by atoms with Crippen LogP contribution in [0.3, 0.4) is 0 Å². The molecule has 1 amide bonds. The molecule has 0 unspecified atom stereocenters. The van der Waals surface area contributed by atoms with E-state index in [1.807, 2.05) is 19.9 Å². The van der Waals surface area contributed by atoms with E-state index in [0.29, 0.717) is 11.4 Å². The van der Waals surface area contributed by atoms with Crippen molar-refractivity contribution >= 4 is 17.4 Å². The first-order valence-electron chi connectivity index (χ1n) is 9.07. The quantitative estimate of drug-likeness (QED) is 0.644. The summed E-state index contributed by atoms with van der Waals surface area (Å²) in [4.78, 5) is 12.9. The van der Waals surface area contributed by atoms with E-state index in [-0.39, 0.29) is 17.8 Å². The van der Waals surface area contributed by atoms with Crippen LogP contribution in [0.1, 0.15) is 45.7 Å². The van der Waals surface area contributed by atoms with Gasteiger partial charge in [0.1, 0.15) is 17.1 Å². The number of amides is 1. The predicted molar refractivity (Wildman–Crippen MR) is 101 cm³/mol. The van der Waals surface area contributed by atoms with Crippen molar-refractivity contribution < 1.29 is 22.4 Å². The molecule has 0 aliphatic carbocycles. The van der Waals surface area contributed by atoms with Crippen LogP contribution in [0.5, 0.6) is 0 Å². The fourth-order valence-corrected chi connectivity index (χ4v) is 3.48. The SMILES string of the molecule is Cc1cccc(NC(=O)c2cnn3c2N[C@H](c2ccco2)C[C@H]3C(F)(F)F)c1C. The van der Waals surface area contributed by atoms with Gasteiger partial charge in [0.25, 0.3) is 5.91 Å². The summed E-state index contributed by atoms with van der Waals surface area (Å²) in [6.07, 6.45) is -2.25. The van der Waals surface area contributed by atoms with E-state index in [2.05, 4.69) is 15.7 Å². The van der Waals surface area contributed by atoms with Crippen LogP contribution in [-0.2, 0) is 0 Å². The van der Waals surface area contributed by atoms with Crippen molar-refractivity contribution in [2.45, 2.75) is 38.5 Å². The van der Waals surface area contributed by atoms with E-state index in [0.717, 1.165) is 22.0 Å². The van der Waals surface area contributed by atoms with Crippen LogP contribution in [0.25, 0.3) is 0 Å². The molecule has 0 bridgehead atoms. The second-order valence-electron chi connectivity index (χ2n) is 7.06. The maximum atomic E-state index is 13.7. The number of fused-ring (bicyclic) bond motifs is 1. The first-order valence-corrected chi connectivity index (χ1v) is 9.07. The third-order valence-corrected chi connectivity index (χ3v) is 5.22. The molecule has 2 atom stereocenters. The standard InChI is InChI=1S/C20H19F3N4O2/c1-11-5-3-6-14(12(11)2)26-19(28)13-10-24-27-17(20(21,22)23)9-15(25-18(13)27)16-7-4-8-29-16/h3-8,10,15,17,25H,9H2,1-2H3,(H,26,28)/t15-,17-/m0/s1. The molecule has 3 aromatic rings. The van der Waals surface area contributed by atoms with Crippen LogP contribution in [0.15, 0.2) is 47.2 Å². The van der Waals surface area contributed by atoms with Gasteiger partial charge in [0, 0.05) is 12.1 Å². The molecule has 0 radical (unpaired) electrons. The Morgan fingerprint density at radius 3 is 2.76 bits per heavy atom. The molecule has 2 aromatic heterocycles. The Morgan fingerprint density at radius 1 is 1.28 bits per heavy atom. The van der Waals surface area contributed by atoms with Crippen LogP contribution < -0.4 is 10.6 Å². The Labute approximate surface area is 164 Å². The Hall–Kier alpha value is -3.23. The van der Waals surface area contributed by atoms with E-state index in [4.69, 9.17) is 4.42 Å². The minimum Gasteiger partial charge on any atom is -0.467 e. The number of rotatable bonds is 3. The molecule has 1 aliphatic heterocycles. The van der Waals surface area contributed by atoms with Gasteiger partial charge in [0.2, 0.25) is 0 Å². The van der Waals surface area contributed by atoms with Crippen molar-refractivity contribution in [3.05, 3.63) is 65.2 Å². The molecule has 4 rings (SSSR count). The molecule has 1 aliphatic rings. The molecule has 1 aromatic carbocycles. The molecule has 152 valence electrons. The van der Waals surface area contributed by atoms with E-state index in [1.54, 1.807) is 24.3 Å². The Bertz CT molecular complexity index is 1040. The summed E-state index contributed by atoms with van der Waals surface area (Å²) in [6.45, 7) is 3.78. The molecule has 9 heteroatoms. The van der Waals surface area contributed by atoms with Crippen LogP contribution in [0.4, 0.5) is 24.7 Å². The number of nitrogens with one attached hydrogen (secondary N) is 2. The zero-order valence-electron chi connectivity index (χ0n) is 15.7. The maximum Gasteiger partial charge on any atom is 0.410 e. The first kappa shape index (κ1) is 19.1. The second kappa shape index (κ2) is 6.98. The van der Waals surface area contributed by atoms with Crippen LogP contribution >= 0.6 is 0 Å². The van der Waals surface area contributed by atoms with Gasteiger partial charge in [-0.2, -0.15) is 18.3 Å². The van der Waals surface area contributed by atoms with Crippen molar-refractivity contribution in [1.29, 1.82) is 0 Å². The Kier molecular flexibility index (Phi) is 4.60. The number of hydrogen-bond acceptors (Lipinski definition) is 4. The van der Waals surface area contributed by atoms with Gasteiger partial charge in [-0.1, -0.05) is 12.1 Å². The summed E-state index contributed by atoms with van der Waals surface area (Å²) in [6, 6.07) is 6.08. The van der Waals surface area contributed by atoms with Gasteiger partial charge in [0.15, 0.2) is 6.04 Å². The van der Waals surface area contributed by atoms with Gasteiger partial charge in [-0.05, 0) is 43.2 Å². The number of nitrogens with zero attached hydrogens (tertiary/aromatic N) is 2. The Morgan fingerprint density at radius 2 is 2.07 bits per heavy atom. The topological polar surface area (TPSA) is 72.1 Å². The van der Waals surface area contributed by atoms with Gasteiger partial charge in [-0.25, -0.2) is 4.68 Å². The molecule has 29 heavy (non-hydrogen) atoms. The lowest BCUT2D eigenvalue weighted by Gasteiger charge is -2.32. The van der Waals surface area contributed by atoms with Gasteiger partial charge in [-0.15, -0.1) is 0 Å². The number of halogens is 3. The number of benzene rings is 1. The number of carbonyl (C=O) groups is 1. The third-order valence-electron chi connectivity index (χ3n) is 5.22. The van der Waals surface area contributed by atoms with Gasteiger partial charge in [-0.3, -0.25) is 4.79 Å². The number of aromatic nitrogens is 2. The van der Waals surface area contributed by atoms with Gasteiger partial charge < -0.3 is 15.1 Å². The van der Waals surface area contributed by atoms with Crippen molar-refractivity contribution in [1.82, 2.24) is 9.78 Å². The summed E-state index contributed by atoms with van der Waals surface area (Å²) in [5.41, 5.74) is 2.52. The fraction of sp³-hybridized carbons (Fsp3) is 0.300.